The molecule has 3 heteroatoms. The van der Waals surface area contributed by atoms with Crippen LogP contribution in [0.5, 0.6) is 0 Å². The summed E-state index contributed by atoms with van der Waals surface area (Å²) in [7, 11) is 0. The molecule has 1 aromatic carbocycles. The van der Waals surface area contributed by atoms with Crippen molar-refractivity contribution in [3.05, 3.63) is 58.9 Å². The summed E-state index contributed by atoms with van der Waals surface area (Å²) in [6.07, 6.45) is 4.84. The minimum Gasteiger partial charge on any atom is -0.384 e. The first-order chi connectivity index (χ1) is 8.36. The van der Waals surface area contributed by atoms with E-state index in [0.717, 1.165) is 23.7 Å². The largest absolute Gasteiger partial charge is 0.384 e. The highest BCUT2D eigenvalue weighted by atomic mass is 35.5. The van der Waals surface area contributed by atoms with Crippen LogP contribution in [0.4, 0.5) is 5.69 Å². The maximum absolute atomic E-state index is 6.22. The molecule has 2 aromatic rings. The van der Waals surface area contributed by atoms with Crippen LogP contribution >= 0.6 is 11.6 Å². The zero-order valence-corrected chi connectivity index (χ0v) is 10.1. The van der Waals surface area contributed by atoms with Crippen LogP contribution in [0, 0.1) is 0 Å². The van der Waals surface area contributed by atoms with Crippen molar-refractivity contribution in [1.82, 2.24) is 4.98 Å². The van der Waals surface area contributed by atoms with Gasteiger partial charge >= 0.3 is 0 Å². The molecule has 2 nitrogen and oxygen atoms in total. The predicted molar refractivity (Wildman–Crippen MR) is 70.6 cm³/mol. The molecular weight excluding hydrogens is 232 g/mol. The average molecular weight is 245 g/mol. The maximum Gasteiger partial charge on any atom is 0.0640 e. The van der Waals surface area contributed by atoms with Gasteiger partial charge in [0.25, 0.3) is 0 Å². The number of rotatable bonds is 1. The Morgan fingerprint density at radius 2 is 2.18 bits per heavy atom. The SMILES string of the molecule is Clc1cccc2c1NCCC2c1cccnc1. The third-order valence-corrected chi connectivity index (χ3v) is 3.56. The molecule has 1 unspecified atom stereocenters. The number of halogens is 1. The molecule has 0 amide bonds. The zero-order valence-electron chi connectivity index (χ0n) is 9.36. The lowest BCUT2D eigenvalue weighted by Gasteiger charge is -2.27. The maximum atomic E-state index is 6.22. The third-order valence-electron chi connectivity index (χ3n) is 3.24. The molecule has 0 bridgehead atoms. The molecule has 86 valence electrons. The van der Waals surface area contributed by atoms with Crippen LogP contribution in [0.25, 0.3) is 0 Å². The Hall–Kier alpha value is -1.54. The standard InChI is InChI=1S/C14H13ClN2/c15-13-5-1-4-12-11(6-8-17-14(12)13)10-3-2-7-16-9-10/h1-5,7,9,11,17H,6,8H2. The molecule has 0 saturated carbocycles. The molecule has 0 radical (unpaired) electrons. The highest BCUT2D eigenvalue weighted by Crippen LogP contribution is 2.39. The fraction of sp³-hybridized carbons (Fsp3) is 0.214. The van der Waals surface area contributed by atoms with Crippen molar-refractivity contribution in [2.24, 2.45) is 0 Å². The van der Waals surface area contributed by atoms with Gasteiger partial charge in [-0.25, -0.2) is 0 Å². The van der Waals surface area contributed by atoms with E-state index >= 15 is 0 Å². The topological polar surface area (TPSA) is 24.9 Å². The predicted octanol–water partition coefficient (Wildman–Crippen LogP) is 3.68. The number of benzene rings is 1. The van der Waals surface area contributed by atoms with Crippen molar-refractivity contribution in [2.45, 2.75) is 12.3 Å². The Morgan fingerprint density at radius 3 is 3.00 bits per heavy atom. The molecule has 2 heterocycles. The van der Waals surface area contributed by atoms with Crippen molar-refractivity contribution in [1.29, 1.82) is 0 Å². The summed E-state index contributed by atoms with van der Waals surface area (Å²) >= 11 is 6.22. The van der Waals surface area contributed by atoms with Gasteiger partial charge in [0, 0.05) is 24.9 Å². The second-order valence-electron chi connectivity index (χ2n) is 4.26. The number of para-hydroxylation sites is 1. The van der Waals surface area contributed by atoms with Crippen LogP contribution in [0.3, 0.4) is 0 Å². The van der Waals surface area contributed by atoms with Crippen molar-refractivity contribution >= 4 is 17.3 Å². The molecule has 0 aliphatic carbocycles. The monoisotopic (exact) mass is 244 g/mol. The lowest BCUT2D eigenvalue weighted by molar-refractivity contribution is 0.717. The number of aromatic nitrogens is 1. The lowest BCUT2D eigenvalue weighted by atomic mass is 9.86. The first-order valence-electron chi connectivity index (χ1n) is 5.78. The van der Waals surface area contributed by atoms with E-state index in [9.17, 15) is 0 Å². The van der Waals surface area contributed by atoms with Gasteiger partial charge in [-0.05, 0) is 29.7 Å². The van der Waals surface area contributed by atoms with Gasteiger partial charge in [0.1, 0.15) is 0 Å². The molecular formula is C14H13ClN2. The molecule has 1 N–H and O–H groups in total. The lowest BCUT2D eigenvalue weighted by Crippen LogP contribution is -2.18. The van der Waals surface area contributed by atoms with E-state index in [0.29, 0.717) is 5.92 Å². The van der Waals surface area contributed by atoms with Gasteiger partial charge in [-0.2, -0.15) is 0 Å². The molecule has 0 spiro atoms. The van der Waals surface area contributed by atoms with Gasteiger partial charge in [-0.15, -0.1) is 0 Å². The van der Waals surface area contributed by atoms with Gasteiger partial charge in [0.2, 0.25) is 0 Å². The summed E-state index contributed by atoms with van der Waals surface area (Å²) in [5.41, 5.74) is 3.61. The molecule has 1 aliphatic heterocycles. The Kier molecular flexibility index (Phi) is 2.73. The minimum atomic E-state index is 0.402. The van der Waals surface area contributed by atoms with Crippen LogP contribution in [0.15, 0.2) is 42.7 Å². The Balaban J connectivity index is 2.09. The quantitative estimate of drug-likeness (QED) is 0.828. The Morgan fingerprint density at radius 1 is 1.24 bits per heavy atom. The third kappa shape index (κ3) is 1.89. The van der Waals surface area contributed by atoms with E-state index < -0.39 is 0 Å². The Bertz CT molecular complexity index is 525. The summed E-state index contributed by atoms with van der Waals surface area (Å²) in [6, 6.07) is 10.2. The molecule has 3 rings (SSSR count). The van der Waals surface area contributed by atoms with Crippen LogP contribution in [-0.4, -0.2) is 11.5 Å². The molecule has 1 aliphatic rings. The van der Waals surface area contributed by atoms with E-state index in [2.05, 4.69) is 22.4 Å². The van der Waals surface area contributed by atoms with Gasteiger partial charge in [-0.1, -0.05) is 29.8 Å². The summed E-state index contributed by atoms with van der Waals surface area (Å²) in [5.74, 6) is 0.402. The van der Waals surface area contributed by atoms with Crippen LogP contribution in [0.1, 0.15) is 23.5 Å². The summed E-state index contributed by atoms with van der Waals surface area (Å²) in [4.78, 5) is 4.20. The first kappa shape index (κ1) is 10.6. The molecule has 1 atom stereocenters. The smallest absolute Gasteiger partial charge is 0.0640 e. The fourth-order valence-electron chi connectivity index (χ4n) is 2.44. The van der Waals surface area contributed by atoms with Crippen molar-refractivity contribution in [3.8, 4) is 0 Å². The normalized spacial score (nSPS) is 18.3. The van der Waals surface area contributed by atoms with Gasteiger partial charge in [0.15, 0.2) is 0 Å². The number of anilines is 1. The van der Waals surface area contributed by atoms with E-state index in [1.54, 1.807) is 0 Å². The van der Waals surface area contributed by atoms with Gasteiger partial charge < -0.3 is 5.32 Å². The van der Waals surface area contributed by atoms with Crippen LogP contribution < -0.4 is 5.32 Å². The van der Waals surface area contributed by atoms with Crippen molar-refractivity contribution < 1.29 is 0 Å². The van der Waals surface area contributed by atoms with E-state index in [-0.39, 0.29) is 0 Å². The number of fused-ring (bicyclic) bond motifs is 1. The first-order valence-corrected chi connectivity index (χ1v) is 6.16. The second kappa shape index (κ2) is 4.38. The van der Waals surface area contributed by atoms with Gasteiger partial charge in [0.05, 0.1) is 10.7 Å². The van der Waals surface area contributed by atoms with Crippen molar-refractivity contribution in [3.63, 3.8) is 0 Å². The Labute approximate surface area is 106 Å². The fourth-order valence-corrected chi connectivity index (χ4v) is 2.69. The van der Waals surface area contributed by atoms with Crippen LogP contribution in [-0.2, 0) is 0 Å². The second-order valence-corrected chi connectivity index (χ2v) is 4.67. The molecule has 0 saturated heterocycles. The van der Waals surface area contributed by atoms with Gasteiger partial charge in [-0.3, -0.25) is 4.98 Å². The molecule has 0 fully saturated rings. The number of hydrogen-bond acceptors (Lipinski definition) is 2. The zero-order chi connectivity index (χ0) is 11.7. The summed E-state index contributed by atoms with van der Waals surface area (Å²) in [6.45, 7) is 0.955. The molecule has 17 heavy (non-hydrogen) atoms. The average Bonchev–Trinajstić information content (AvgIpc) is 2.40. The number of hydrogen-bond donors (Lipinski definition) is 1. The number of nitrogens with one attached hydrogen (secondary N) is 1. The number of nitrogens with zero attached hydrogens (tertiary/aromatic N) is 1. The van der Waals surface area contributed by atoms with E-state index in [1.807, 2.05) is 30.6 Å². The summed E-state index contributed by atoms with van der Waals surface area (Å²) < 4.78 is 0. The van der Waals surface area contributed by atoms with E-state index in [1.165, 1.54) is 11.1 Å². The summed E-state index contributed by atoms with van der Waals surface area (Å²) in [5, 5.41) is 4.18. The minimum absolute atomic E-state index is 0.402. The highest BCUT2D eigenvalue weighted by molar-refractivity contribution is 6.33. The molecule has 1 aromatic heterocycles. The van der Waals surface area contributed by atoms with Crippen LogP contribution in [0.2, 0.25) is 5.02 Å². The van der Waals surface area contributed by atoms with Crippen molar-refractivity contribution in [2.75, 3.05) is 11.9 Å². The highest BCUT2D eigenvalue weighted by Gasteiger charge is 2.22. The van der Waals surface area contributed by atoms with E-state index in [4.69, 9.17) is 11.6 Å². The number of pyridine rings is 1.